The van der Waals surface area contributed by atoms with E-state index in [4.69, 9.17) is 5.73 Å². The van der Waals surface area contributed by atoms with E-state index in [0.29, 0.717) is 11.5 Å². The molecule has 1 nitrogen and oxygen atoms in total. The average molecular weight is 272 g/mol. The molecule has 82 valence electrons. The molecule has 0 amide bonds. The van der Waals surface area contributed by atoms with Crippen molar-refractivity contribution in [2.45, 2.75) is 31.7 Å². The van der Waals surface area contributed by atoms with Crippen LogP contribution in [0, 0.1) is 11.7 Å². The lowest BCUT2D eigenvalue weighted by molar-refractivity contribution is 0.275. The van der Waals surface area contributed by atoms with E-state index in [1.54, 1.807) is 12.1 Å². The van der Waals surface area contributed by atoms with Crippen molar-refractivity contribution >= 4 is 15.9 Å². The maximum atomic E-state index is 13.5. The molecule has 2 rings (SSSR count). The summed E-state index contributed by atoms with van der Waals surface area (Å²) in [5, 5.41) is 0. The molecule has 0 radical (unpaired) electrons. The molecule has 15 heavy (non-hydrogen) atoms. The number of nitrogens with two attached hydrogens (primary N) is 1. The fourth-order valence-corrected chi connectivity index (χ4v) is 2.39. The Bertz CT molecular complexity index is 349. The topological polar surface area (TPSA) is 26.0 Å². The summed E-state index contributed by atoms with van der Waals surface area (Å²) in [5.41, 5.74) is 6.65. The molecule has 1 fully saturated rings. The first kappa shape index (κ1) is 11.1. The monoisotopic (exact) mass is 271 g/mol. The molecule has 2 N–H and O–H groups in total. The summed E-state index contributed by atoms with van der Waals surface area (Å²) in [6, 6.07) is 4.81. The highest BCUT2D eigenvalue weighted by Gasteiger charge is 2.22. The molecule has 1 saturated carbocycles. The predicted molar refractivity (Wildman–Crippen MR) is 63.0 cm³/mol. The summed E-state index contributed by atoms with van der Waals surface area (Å²) >= 11 is 3.34. The molecule has 1 unspecified atom stereocenters. The van der Waals surface area contributed by atoms with Crippen LogP contribution in [0.5, 0.6) is 0 Å². The summed E-state index contributed by atoms with van der Waals surface area (Å²) in [5.74, 6) is 0.517. The Hall–Kier alpha value is -0.410. The Morgan fingerprint density at radius 3 is 2.80 bits per heavy atom. The Labute approximate surface area is 98.0 Å². The van der Waals surface area contributed by atoms with Crippen molar-refractivity contribution in [3.63, 3.8) is 0 Å². The second-order valence-electron chi connectivity index (χ2n) is 4.30. The fraction of sp³-hybridized carbons (Fsp3) is 0.500. The van der Waals surface area contributed by atoms with Gasteiger partial charge in [0.1, 0.15) is 5.82 Å². The van der Waals surface area contributed by atoms with Crippen LogP contribution in [0.15, 0.2) is 22.7 Å². The van der Waals surface area contributed by atoms with Crippen molar-refractivity contribution in [1.82, 2.24) is 0 Å². The molecule has 0 aliphatic heterocycles. The number of benzene rings is 1. The summed E-state index contributed by atoms with van der Waals surface area (Å²) in [4.78, 5) is 0. The molecule has 1 aromatic rings. The molecule has 0 spiro atoms. The van der Waals surface area contributed by atoms with E-state index in [0.717, 1.165) is 10.9 Å². The van der Waals surface area contributed by atoms with Crippen molar-refractivity contribution in [3.8, 4) is 0 Å². The molecular formula is C12H15BrFN. The van der Waals surface area contributed by atoms with Crippen LogP contribution in [0.25, 0.3) is 0 Å². The lowest BCUT2D eigenvalue weighted by Gasteiger charge is -2.28. The van der Waals surface area contributed by atoms with Crippen molar-refractivity contribution in [2.24, 2.45) is 11.7 Å². The minimum Gasteiger partial charge on any atom is -0.324 e. The second kappa shape index (κ2) is 4.62. The highest BCUT2D eigenvalue weighted by molar-refractivity contribution is 9.10. The molecule has 1 aliphatic rings. The smallest absolute Gasteiger partial charge is 0.128 e. The molecule has 1 atom stereocenters. The van der Waals surface area contributed by atoms with Crippen LogP contribution in [0.3, 0.4) is 0 Å². The molecule has 0 aromatic heterocycles. The number of rotatable bonds is 3. The zero-order valence-corrected chi connectivity index (χ0v) is 10.1. The maximum absolute atomic E-state index is 13.5. The van der Waals surface area contributed by atoms with Gasteiger partial charge in [-0.1, -0.05) is 35.2 Å². The molecule has 1 aliphatic carbocycles. The van der Waals surface area contributed by atoms with Gasteiger partial charge >= 0.3 is 0 Å². The first-order valence-electron chi connectivity index (χ1n) is 5.37. The van der Waals surface area contributed by atoms with E-state index in [2.05, 4.69) is 15.9 Å². The Morgan fingerprint density at radius 1 is 1.47 bits per heavy atom. The van der Waals surface area contributed by atoms with Gasteiger partial charge in [-0.05, 0) is 30.5 Å². The van der Waals surface area contributed by atoms with Crippen LogP contribution in [-0.2, 0) is 0 Å². The van der Waals surface area contributed by atoms with Crippen molar-refractivity contribution < 1.29 is 4.39 Å². The zero-order valence-electron chi connectivity index (χ0n) is 8.55. The third-order valence-corrected chi connectivity index (χ3v) is 3.66. The third-order valence-electron chi connectivity index (χ3n) is 3.17. The molecule has 0 bridgehead atoms. The van der Waals surface area contributed by atoms with Gasteiger partial charge in [0.15, 0.2) is 0 Å². The molecular weight excluding hydrogens is 257 g/mol. The van der Waals surface area contributed by atoms with Gasteiger partial charge < -0.3 is 5.73 Å². The van der Waals surface area contributed by atoms with Gasteiger partial charge in [0, 0.05) is 16.1 Å². The normalized spacial score (nSPS) is 18.6. The van der Waals surface area contributed by atoms with E-state index in [9.17, 15) is 4.39 Å². The number of hydrogen-bond donors (Lipinski definition) is 1. The minimum atomic E-state index is -0.190. The largest absolute Gasteiger partial charge is 0.324 e. The van der Waals surface area contributed by atoms with Crippen molar-refractivity contribution in [1.29, 1.82) is 0 Å². The molecule has 3 heteroatoms. The average Bonchev–Trinajstić information content (AvgIpc) is 2.15. The Balaban J connectivity index is 2.09. The van der Waals surface area contributed by atoms with Crippen LogP contribution in [0.4, 0.5) is 4.39 Å². The summed E-state index contributed by atoms with van der Waals surface area (Å²) in [7, 11) is 0. The zero-order chi connectivity index (χ0) is 10.8. The fourth-order valence-electron chi connectivity index (χ4n) is 2.01. The first-order valence-corrected chi connectivity index (χ1v) is 6.16. The van der Waals surface area contributed by atoms with Crippen LogP contribution >= 0.6 is 15.9 Å². The van der Waals surface area contributed by atoms with Gasteiger partial charge in [-0.3, -0.25) is 0 Å². The van der Waals surface area contributed by atoms with Crippen LogP contribution in [0.2, 0.25) is 0 Å². The van der Waals surface area contributed by atoms with Gasteiger partial charge in [-0.15, -0.1) is 0 Å². The second-order valence-corrected chi connectivity index (χ2v) is 5.22. The van der Waals surface area contributed by atoms with Crippen LogP contribution < -0.4 is 5.73 Å². The SMILES string of the molecule is NC(CC1CCC1)c1cc(Br)ccc1F. The van der Waals surface area contributed by atoms with E-state index in [1.807, 2.05) is 0 Å². The van der Waals surface area contributed by atoms with Crippen molar-refractivity contribution in [2.75, 3.05) is 0 Å². The lowest BCUT2D eigenvalue weighted by atomic mass is 9.80. The highest BCUT2D eigenvalue weighted by atomic mass is 79.9. The van der Waals surface area contributed by atoms with E-state index >= 15 is 0 Å². The maximum Gasteiger partial charge on any atom is 0.128 e. The van der Waals surface area contributed by atoms with E-state index in [1.165, 1.54) is 25.3 Å². The van der Waals surface area contributed by atoms with Gasteiger partial charge in [0.05, 0.1) is 0 Å². The third kappa shape index (κ3) is 2.58. The minimum absolute atomic E-state index is 0.159. The standard InChI is InChI=1S/C12H15BrFN/c13-9-4-5-11(14)10(7-9)12(15)6-8-2-1-3-8/h4-5,7-8,12H,1-3,6,15H2. The molecule has 0 heterocycles. The molecule has 0 saturated heterocycles. The van der Waals surface area contributed by atoms with E-state index in [-0.39, 0.29) is 11.9 Å². The summed E-state index contributed by atoms with van der Waals surface area (Å²) in [6.45, 7) is 0. The van der Waals surface area contributed by atoms with Crippen molar-refractivity contribution in [3.05, 3.63) is 34.1 Å². The van der Waals surface area contributed by atoms with Gasteiger partial charge in [0.2, 0.25) is 0 Å². The summed E-state index contributed by atoms with van der Waals surface area (Å²) < 4.78 is 14.4. The Morgan fingerprint density at radius 2 is 2.20 bits per heavy atom. The van der Waals surface area contributed by atoms with Gasteiger partial charge in [-0.25, -0.2) is 4.39 Å². The predicted octanol–water partition coefficient (Wildman–Crippen LogP) is 3.78. The highest BCUT2D eigenvalue weighted by Crippen LogP contribution is 2.34. The quantitative estimate of drug-likeness (QED) is 0.890. The van der Waals surface area contributed by atoms with E-state index < -0.39 is 0 Å². The van der Waals surface area contributed by atoms with Crippen LogP contribution in [0.1, 0.15) is 37.3 Å². The van der Waals surface area contributed by atoms with Crippen LogP contribution in [-0.4, -0.2) is 0 Å². The number of hydrogen-bond acceptors (Lipinski definition) is 1. The first-order chi connectivity index (χ1) is 7.16. The Kier molecular flexibility index (Phi) is 3.42. The number of halogens is 2. The molecule has 1 aromatic carbocycles. The lowest BCUT2D eigenvalue weighted by Crippen LogP contribution is -2.20. The summed E-state index contributed by atoms with van der Waals surface area (Å²) in [6.07, 6.45) is 4.72. The van der Waals surface area contributed by atoms with Gasteiger partial charge in [-0.2, -0.15) is 0 Å². The van der Waals surface area contributed by atoms with Gasteiger partial charge in [0.25, 0.3) is 0 Å².